The van der Waals surface area contributed by atoms with Gasteiger partial charge in [0.05, 0.1) is 0 Å². The molecule has 0 fully saturated rings. The molecular formula is C21H22FN5O. The molecule has 0 atom stereocenters. The molecule has 2 aromatic carbocycles. The van der Waals surface area contributed by atoms with E-state index < -0.39 is 0 Å². The van der Waals surface area contributed by atoms with Crippen molar-refractivity contribution < 1.29 is 9.18 Å². The number of aryl methyl sites for hydroxylation is 1. The molecule has 0 aliphatic heterocycles. The minimum Gasteiger partial charge on any atom is -0.378 e. The number of rotatable bonds is 6. The predicted octanol–water partition coefficient (Wildman–Crippen LogP) is 3.66. The van der Waals surface area contributed by atoms with E-state index in [1.54, 1.807) is 25.1 Å². The first kappa shape index (κ1) is 19.3. The Hall–Kier alpha value is -3.48. The zero-order valence-corrected chi connectivity index (χ0v) is 16.0. The normalized spacial score (nSPS) is 10.4. The quantitative estimate of drug-likeness (QED) is 0.684. The summed E-state index contributed by atoms with van der Waals surface area (Å²) in [4.78, 5) is 23.1. The third kappa shape index (κ3) is 5.03. The Morgan fingerprint density at radius 1 is 1.04 bits per heavy atom. The second kappa shape index (κ2) is 8.47. The number of carbonyl (C=O) groups excluding carboxylic acids is 1. The van der Waals surface area contributed by atoms with Crippen LogP contribution in [0.25, 0.3) is 0 Å². The van der Waals surface area contributed by atoms with Crippen molar-refractivity contribution in [1.29, 1.82) is 0 Å². The van der Waals surface area contributed by atoms with E-state index in [1.165, 1.54) is 12.1 Å². The Kier molecular flexibility index (Phi) is 5.84. The van der Waals surface area contributed by atoms with E-state index in [0.717, 1.165) is 16.9 Å². The van der Waals surface area contributed by atoms with Gasteiger partial charge in [0.2, 0.25) is 5.95 Å². The number of amides is 1. The molecule has 0 saturated carbocycles. The van der Waals surface area contributed by atoms with Crippen LogP contribution in [0, 0.1) is 12.7 Å². The summed E-state index contributed by atoms with van der Waals surface area (Å²) in [5.41, 5.74) is 3.65. The summed E-state index contributed by atoms with van der Waals surface area (Å²) in [7, 11) is 3.95. The Bertz CT molecular complexity index is 956. The topological polar surface area (TPSA) is 70.2 Å². The third-order valence-electron chi connectivity index (χ3n) is 4.09. The van der Waals surface area contributed by atoms with Crippen LogP contribution < -0.4 is 15.5 Å². The predicted molar refractivity (Wildman–Crippen MR) is 108 cm³/mol. The number of nitrogens with zero attached hydrogens (tertiary/aromatic N) is 3. The first-order valence-electron chi connectivity index (χ1n) is 8.83. The van der Waals surface area contributed by atoms with E-state index >= 15 is 0 Å². The third-order valence-corrected chi connectivity index (χ3v) is 4.09. The molecule has 0 bridgehead atoms. The molecule has 0 radical (unpaired) electrons. The lowest BCUT2D eigenvalue weighted by Crippen LogP contribution is -2.24. The highest BCUT2D eigenvalue weighted by molar-refractivity contribution is 5.92. The summed E-state index contributed by atoms with van der Waals surface area (Å²) in [6, 6.07) is 15.4. The Balaban J connectivity index is 1.69. The lowest BCUT2D eigenvalue weighted by atomic mass is 10.2. The van der Waals surface area contributed by atoms with Gasteiger partial charge < -0.3 is 15.5 Å². The molecule has 0 spiro atoms. The van der Waals surface area contributed by atoms with Crippen LogP contribution in [0.15, 0.2) is 54.6 Å². The Labute approximate surface area is 163 Å². The van der Waals surface area contributed by atoms with Gasteiger partial charge in [-0.25, -0.2) is 14.4 Å². The van der Waals surface area contributed by atoms with Gasteiger partial charge in [0.15, 0.2) is 0 Å². The minimum atomic E-state index is -0.319. The first-order chi connectivity index (χ1) is 13.4. The monoisotopic (exact) mass is 379 g/mol. The lowest BCUT2D eigenvalue weighted by Gasteiger charge is -2.13. The van der Waals surface area contributed by atoms with Gasteiger partial charge in [-0.3, -0.25) is 4.79 Å². The van der Waals surface area contributed by atoms with Gasteiger partial charge in [-0.2, -0.15) is 0 Å². The fourth-order valence-electron chi connectivity index (χ4n) is 2.59. The van der Waals surface area contributed by atoms with E-state index in [4.69, 9.17) is 0 Å². The van der Waals surface area contributed by atoms with E-state index in [9.17, 15) is 9.18 Å². The smallest absolute Gasteiger partial charge is 0.270 e. The van der Waals surface area contributed by atoms with E-state index in [-0.39, 0.29) is 24.0 Å². The molecule has 0 unspecified atom stereocenters. The number of hydrogen-bond donors (Lipinski definition) is 2. The van der Waals surface area contributed by atoms with Gasteiger partial charge in [-0.05, 0) is 55.0 Å². The second-order valence-corrected chi connectivity index (χ2v) is 6.59. The molecule has 144 valence electrons. The summed E-state index contributed by atoms with van der Waals surface area (Å²) in [6.07, 6.45) is 0. The van der Waals surface area contributed by atoms with Crippen LogP contribution in [0.2, 0.25) is 0 Å². The van der Waals surface area contributed by atoms with Crippen LogP contribution in [0.3, 0.4) is 0 Å². The van der Waals surface area contributed by atoms with Gasteiger partial charge in [-0.1, -0.05) is 12.1 Å². The van der Waals surface area contributed by atoms with E-state index in [1.807, 2.05) is 43.3 Å². The number of hydrogen-bond acceptors (Lipinski definition) is 5. The van der Waals surface area contributed by atoms with Crippen LogP contribution in [0.5, 0.6) is 0 Å². The van der Waals surface area contributed by atoms with Crippen LogP contribution in [-0.4, -0.2) is 30.0 Å². The van der Waals surface area contributed by atoms with Crippen molar-refractivity contribution in [2.75, 3.05) is 24.3 Å². The number of anilines is 3. The fraction of sp³-hybridized carbons (Fsp3) is 0.190. The Morgan fingerprint density at radius 2 is 1.71 bits per heavy atom. The number of carbonyl (C=O) groups is 1. The maximum absolute atomic E-state index is 13.0. The molecule has 0 aliphatic rings. The first-order valence-corrected chi connectivity index (χ1v) is 8.83. The van der Waals surface area contributed by atoms with Gasteiger partial charge in [0.1, 0.15) is 11.5 Å². The van der Waals surface area contributed by atoms with Crippen LogP contribution in [0.1, 0.15) is 21.7 Å². The zero-order chi connectivity index (χ0) is 20.1. The summed E-state index contributed by atoms with van der Waals surface area (Å²) < 4.78 is 13.0. The van der Waals surface area contributed by atoms with Crippen LogP contribution >= 0.6 is 0 Å². The maximum Gasteiger partial charge on any atom is 0.270 e. The van der Waals surface area contributed by atoms with Gasteiger partial charge in [0.25, 0.3) is 5.91 Å². The summed E-state index contributed by atoms with van der Waals surface area (Å²) in [5.74, 6) is -0.277. The van der Waals surface area contributed by atoms with Crippen molar-refractivity contribution in [3.05, 3.63) is 77.4 Å². The maximum atomic E-state index is 13.0. The molecule has 0 saturated heterocycles. The average molecular weight is 379 g/mol. The standard InChI is InChI=1S/C21H22FN5O/c1-14-12-19(20(28)23-13-15-4-6-16(22)7-5-15)26-21(24-14)25-17-8-10-18(11-9-17)27(2)3/h4-12H,13H2,1-3H3,(H,23,28)(H,24,25,26). The van der Waals surface area contributed by atoms with Crippen LogP contribution in [0.4, 0.5) is 21.7 Å². The highest BCUT2D eigenvalue weighted by Gasteiger charge is 2.11. The Morgan fingerprint density at radius 3 is 2.36 bits per heavy atom. The minimum absolute atomic E-state index is 0.266. The fourth-order valence-corrected chi connectivity index (χ4v) is 2.59. The molecule has 3 rings (SSSR count). The van der Waals surface area contributed by atoms with E-state index in [0.29, 0.717) is 11.6 Å². The summed E-state index contributed by atoms with van der Waals surface area (Å²) >= 11 is 0. The SMILES string of the molecule is Cc1cc(C(=O)NCc2ccc(F)cc2)nc(Nc2ccc(N(C)C)cc2)n1. The van der Waals surface area contributed by atoms with Crippen molar-refractivity contribution >= 4 is 23.2 Å². The second-order valence-electron chi connectivity index (χ2n) is 6.59. The summed E-state index contributed by atoms with van der Waals surface area (Å²) in [6.45, 7) is 2.09. The molecule has 0 aliphatic carbocycles. The van der Waals surface area contributed by atoms with Gasteiger partial charge in [0, 0.05) is 37.7 Å². The van der Waals surface area contributed by atoms with Crippen LogP contribution in [-0.2, 0) is 6.54 Å². The average Bonchev–Trinajstić information content (AvgIpc) is 2.67. The van der Waals surface area contributed by atoms with Gasteiger partial charge >= 0.3 is 0 Å². The molecule has 2 N–H and O–H groups in total. The molecule has 1 amide bonds. The van der Waals surface area contributed by atoms with Crippen molar-refractivity contribution in [3.63, 3.8) is 0 Å². The highest BCUT2D eigenvalue weighted by atomic mass is 19.1. The lowest BCUT2D eigenvalue weighted by molar-refractivity contribution is 0.0945. The molecular weight excluding hydrogens is 357 g/mol. The summed E-state index contributed by atoms with van der Waals surface area (Å²) in [5, 5.41) is 5.91. The molecule has 3 aromatic rings. The molecule has 1 heterocycles. The number of halogens is 1. The zero-order valence-electron chi connectivity index (χ0n) is 16.0. The van der Waals surface area contributed by atoms with Crippen molar-refractivity contribution in [3.8, 4) is 0 Å². The molecule has 7 heteroatoms. The van der Waals surface area contributed by atoms with Crippen molar-refractivity contribution in [2.45, 2.75) is 13.5 Å². The molecule has 6 nitrogen and oxygen atoms in total. The number of aromatic nitrogens is 2. The highest BCUT2D eigenvalue weighted by Crippen LogP contribution is 2.18. The largest absolute Gasteiger partial charge is 0.378 e. The van der Waals surface area contributed by atoms with E-state index in [2.05, 4.69) is 20.6 Å². The van der Waals surface area contributed by atoms with Gasteiger partial charge in [-0.15, -0.1) is 0 Å². The molecule has 1 aromatic heterocycles. The van der Waals surface area contributed by atoms with Crippen molar-refractivity contribution in [2.24, 2.45) is 0 Å². The number of benzene rings is 2. The number of nitrogens with one attached hydrogen (secondary N) is 2. The van der Waals surface area contributed by atoms with Crippen molar-refractivity contribution in [1.82, 2.24) is 15.3 Å². The molecule has 28 heavy (non-hydrogen) atoms.